The van der Waals surface area contributed by atoms with Crippen LogP contribution in [-0.2, 0) is 0 Å². The van der Waals surface area contributed by atoms with E-state index in [9.17, 15) is 0 Å². The molecule has 3 N–H and O–H groups in total. The molecule has 3 aromatic rings. The average molecular weight is 350 g/mol. The summed E-state index contributed by atoms with van der Waals surface area (Å²) in [6, 6.07) is 13.2. The van der Waals surface area contributed by atoms with Crippen LogP contribution in [-0.4, -0.2) is 15.2 Å². The van der Waals surface area contributed by atoms with Crippen LogP contribution < -0.4 is 5.73 Å². The number of nitrogens with two attached hydrogens (primary N) is 1. The summed E-state index contributed by atoms with van der Waals surface area (Å²) in [6.45, 7) is 0. The second-order valence-electron chi connectivity index (χ2n) is 4.25. The number of aromatic amines is 1. The molecule has 0 saturated carbocycles. The van der Waals surface area contributed by atoms with Crippen molar-refractivity contribution < 1.29 is 0 Å². The Morgan fingerprint density at radius 2 is 1.95 bits per heavy atom. The molecule has 0 fully saturated rings. The van der Waals surface area contributed by atoms with Crippen LogP contribution in [0.3, 0.4) is 0 Å². The Morgan fingerprint density at radius 1 is 1.10 bits per heavy atom. The molecule has 100 valence electrons. The van der Waals surface area contributed by atoms with Crippen LogP contribution in [0.2, 0.25) is 5.02 Å². The summed E-state index contributed by atoms with van der Waals surface area (Å²) in [6.07, 6.45) is 0. The number of hydrogen-bond acceptors (Lipinski definition) is 3. The van der Waals surface area contributed by atoms with Gasteiger partial charge in [0.25, 0.3) is 0 Å². The molecule has 0 atom stereocenters. The molecule has 0 bridgehead atoms. The first-order valence-electron chi connectivity index (χ1n) is 5.87. The molecule has 0 saturated heterocycles. The number of nitrogens with zero attached hydrogens (tertiary/aromatic N) is 2. The lowest BCUT2D eigenvalue weighted by Crippen LogP contribution is -1.88. The number of nitrogen functional groups attached to an aromatic ring is 1. The van der Waals surface area contributed by atoms with Crippen LogP contribution in [0.5, 0.6) is 0 Å². The fraction of sp³-hybridized carbons (Fsp3) is 0. The lowest BCUT2D eigenvalue weighted by atomic mass is 10.2. The summed E-state index contributed by atoms with van der Waals surface area (Å²) in [5, 5.41) is 7.67. The maximum atomic E-state index is 5.91. The second kappa shape index (κ2) is 5.26. The number of benzene rings is 2. The minimum atomic E-state index is 0.518. The number of nitrogens with one attached hydrogen (secondary N) is 1. The monoisotopic (exact) mass is 348 g/mol. The summed E-state index contributed by atoms with van der Waals surface area (Å²) in [5.74, 6) is 1.29. The Morgan fingerprint density at radius 3 is 2.70 bits per heavy atom. The van der Waals surface area contributed by atoms with E-state index in [-0.39, 0.29) is 0 Å². The van der Waals surface area contributed by atoms with Crippen LogP contribution in [0.25, 0.3) is 22.8 Å². The number of hydrogen-bond donors (Lipinski definition) is 2. The third kappa shape index (κ3) is 2.55. The van der Waals surface area contributed by atoms with Crippen LogP contribution in [0.1, 0.15) is 0 Å². The minimum absolute atomic E-state index is 0.518. The summed E-state index contributed by atoms with van der Waals surface area (Å²) in [4.78, 5) is 4.48. The van der Waals surface area contributed by atoms with Crippen molar-refractivity contribution in [3.63, 3.8) is 0 Å². The van der Waals surface area contributed by atoms with E-state index in [1.165, 1.54) is 0 Å². The van der Waals surface area contributed by atoms with Crippen LogP contribution in [0, 0.1) is 0 Å². The first-order valence-corrected chi connectivity index (χ1v) is 7.04. The minimum Gasteiger partial charge on any atom is -0.398 e. The number of anilines is 1. The first kappa shape index (κ1) is 13.1. The van der Waals surface area contributed by atoms with Crippen molar-refractivity contribution in [2.45, 2.75) is 0 Å². The van der Waals surface area contributed by atoms with E-state index in [1.807, 2.05) is 30.3 Å². The normalized spacial score (nSPS) is 10.7. The van der Waals surface area contributed by atoms with Gasteiger partial charge in [0.2, 0.25) is 0 Å². The number of H-pyrrole nitrogens is 1. The molecule has 0 radical (unpaired) electrons. The number of aromatic nitrogens is 3. The smallest absolute Gasteiger partial charge is 0.181 e. The van der Waals surface area contributed by atoms with Gasteiger partial charge in [0, 0.05) is 15.6 Å². The van der Waals surface area contributed by atoms with E-state index in [0.717, 1.165) is 15.6 Å². The zero-order valence-corrected chi connectivity index (χ0v) is 12.6. The summed E-state index contributed by atoms with van der Waals surface area (Å²) < 4.78 is 0.983. The Bertz CT molecular complexity index is 769. The van der Waals surface area contributed by atoms with E-state index in [4.69, 9.17) is 17.3 Å². The highest BCUT2D eigenvalue weighted by atomic mass is 79.9. The van der Waals surface area contributed by atoms with Crippen molar-refractivity contribution in [3.05, 3.63) is 52.0 Å². The SMILES string of the molecule is Nc1cc(-c2nc(-c3cccc(Br)c3)n[nH]2)ccc1Cl. The molecule has 0 aliphatic heterocycles. The van der Waals surface area contributed by atoms with Gasteiger partial charge in [-0.25, -0.2) is 4.98 Å². The Kier molecular flexibility index (Phi) is 3.46. The fourth-order valence-electron chi connectivity index (χ4n) is 1.84. The van der Waals surface area contributed by atoms with Gasteiger partial charge in [-0.1, -0.05) is 39.7 Å². The standard InChI is InChI=1S/C14H10BrClN4/c15-10-3-1-2-8(6-10)13-18-14(20-19-13)9-4-5-11(16)12(17)7-9/h1-7H,17H2,(H,18,19,20). The van der Waals surface area contributed by atoms with Gasteiger partial charge in [0.1, 0.15) is 0 Å². The third-order valence-corrected chi connectivity index (χ3v) is 3.68. The van der Waals surface area contributed by atoms with E-state index >= 15 is 0 Å². The van der Waals surface area contributed by atoms with Gasteiger partial charge in [-0.15, -0.1) is 0 Å². The molecule has 4 nitrogen and oxygen atoms in total. The van der Waals surface area contributed by atoms with Crippen molar-refractivity contribution in [1.29, 1.82) is 0 Å². The Labute approximate surface area is 129 Å². The molecular formula is C14H10BrClN4. The predicted octanol–water partition coefficient (Wildman–Crippen LogP) is 4.14. The average Bonchev–Trinajstić information content (AvgIpc) is 2.92. The lowest BCUT2D eigenvalue weighted by molar-refractivity contribution is 1.10. The zero-order valence-electron chi connectivity index (χ0n) is 10.3. The lowest BCUT2D eigenvalue weighted by Gasteiger charge is -2.00. The summed E-state index contributed by atoms with van der Waals surface area (Å²) in [7, 11) is 0. The van der Waals surface area contributed by atoms with Gasteiger partial charge in [0.05, 0.1) is 10.7 Å². The molecule has 1 heterocycles. The molecule has 0 spiro atoms. The molecule has 1 aromatic heterocycles. The van der Waals surface area contributed by atoms with Gasteiger partial charge in [0.15, 0.2) is 11.6 Å². The van der Waals surface area contributed by atoms with Crippen molar-refractivity contribution in [2.24, 2.45) is 0 Å². The van der Waals surface area contributed by atoms with E-state index in [1.54, 1.807) is 12.1 Å². The summed E-state index contributed by atoms with van der Waals surface area (Å²) in [5.41, 5.74) is 8.10. The Hall–Kier alpha value is -1.85. The maximum Gasteiger partial charge on any atom is 0.181 e. The molecule has 0 unspecified atom stereocenters. The van der Waals surface area contributed by atoms with Crippen LogP contribution in [0.4, 0.5) is 5.69 Å². The highest BCUT2D eigenvalue weighted by molar-refractivity contribution is 9.10. The highest BCUT2D eigenvalue weighted by Gasteiger charge is 2.09. The molecular weight excluding hydrogens is 340 g/mol. The number of rotatable bonds is 2. The van der Waals surface area contributed by atoms with Gasteiger partial charge in [-0.2, -0.15) is 5.10 Å². The van der Waals surface area contributed by atoms with E-state index in [0.29, 0.717) is 22.4 Å². The fourth-order valence-corrected chi connectivity index (χ4v) is 2.36. The van der Waals surface area contributed by atoms with Gasteiger partial charge >= 0.3 is 0 Å². The number of halogens is 2. The zero-order chi connectivity index (χ0) is 14.1. The van der Waals surface area contributed by atoms with Gasteiger partial charge < -0.3 is 5.73 Å². The molecule has 0 aliphatic carbocycles. The quantitative estimate of drug-likeness (QED) is 0.683. The first-order chi connectivity index (χ1) is 9.63. The van der Waals surface area contributed by atoms with Crippen LogP contribution in [0.15, 0.2) is 46.9 Å². The topological polar surface area (TPSA) is 67.6 Å². The van der Waals surface area contributed by atoms with Crippen molar-refractivity contribution >= 4 is 33.2 Å². The summed E-state index contributed by atoms with van der Waals surface area (Å²) >= 11 is 9.34. The molecule has 20 heavy (non-hydrogen) atoms. The second-order valence-corrected chi connectivity index (χ2v) is 5.58. The molecule has 3 rings (SSSR count). The largest absolute Gasteiger partial charge is 0.398 e. The van der Waals surface area contributed by atoms with Crippen LogP contribution >= 0.6 is 27.5 Å². The molecule has 0 amide bonds. The predicted molar refractivity (Wildman–Crippen MR) is 84.4 cm³/mol. The Balaban J connectivity index is 1.99. The van der Waals surface area contributed by atoms with E-state index < -0.39 is 0 Å². The van der Waals surface area contributed by atoms with E-state index in [2.05, 4.69) is 31.1 Å². The highest BCUT2D eigenvalue weighted by Crippen LogP contribution is 2.26. The third-order valence-electron chi connectivity index (χ3n) is 2.84. The molecule has 0 aliphatic rings. The molecule has 2 aromatic carbocycles. The molecule has 6 heteroatoms. The van der Waals surface area contributed by atoms with Gasteiger partial charge in [-0.3, -0.25) is 5.10 Å². The van der Waals surface area contributed by atoms with Gasteiger partial charge in [-0.05, 0) is 30.3 Å². The van der Waals surface area contributed by atoms with Crippen molar-refractivity contribution in [1.82, 2.24) is 15.2 Å². The van der Waals surface area contributed by atoms with Crippen molar-refractivity contribution in [2.75, 3.05) is 5.73 Å². The van der Waals surface area contributed by atoms with Crippen molar-refractivity contribution in [3.8, 4) is 22.8 Å². The maximum absolute atomic E-state index is 5.91.